The third kappa shape index (κ3) is 1.93. The topological polar surface area (TPSA) is 15.7 Å². The highest BCUT2D eigenvalue weighted by molar-refractivity contribution is 5.45. The van der Waals surface area contributed by atoms with E-state index in [9.17, 15) is 0 Å². The summed E-state index contributed by atoms with van der Waals surface area (Å²) in [6, 6.07) is 12.2. The van der Waals surface area contributed by atoms with Gasteiger partial charge in [0.25, 0.3) is 0 Å². The highest BCUT2D eigenvalue weighted by atomic mass is 16.5. The molecule has 3 heteroatoms. The van der Waals surface area contributed by atoms with Crippen LogP contribution >= 0.6 is 0 Å². The average molecular weight is 217 g/mol. The van der Waals surface area contributed by atoms with Crippen LogP contribution in [-0.2, 0) is 4.74 Å². The van der Waals surface area contributed by atoms with Crippen molar-refractivity contribution in [2.24, 2.45) is 0 Å². The van der Waals surface area contributed by atoms with E-state index < -0.39 is 0 Å². The van der Waals surface area contributed by atoms with Crippen molar-refractivity contribution in [3.8, 4) is 0 Å². The van der Waals surface area contributed by atoms with Crippen LogP contribution in [0, 0.1) is 6.07 Å². The fourth-order valence-electron chi connectivity index (χ4n) is 2.34. The molecule has 85 valence electrons. The van der Waals surface area contributed by atoms with E-state index in [0.29, 0.717) is 6.04 Å². The maximum absolute atomic E-state index is 5.24. The Morgan fingerprint density at radius 2 is 1.94 bits per heavy atom. The molecule has 2 aliphatic rings. The van der Waals surface area contributed by atoms with Crippen molar-refractivity contribution in [2.75, 3.05) is 44.3 Å². The molecule has 0 N–H and O–H groups in total. The third-order valence-electron chi connectivity index (χ3n) is 3.48. The summed E-state index contributed by atoms with van der Waals surface area (Å²) in [5.41, 5.74) is 1.23. The van der Waals surface area contributed by atoms with E-state index in [2.05, 4.69) is 28.0 Å². The Labute approximate surface area is 96.6 Å². The Kier molecular flexibility index (Phi) is 2.80. The van der Waals surface area contributed by atoms with Crippen LogP contribution in [0.25, 0.3) is 0 Å². The van der Waals surface area contributed by atoms with Gasteiger partial charge in [-0.2, -0.15) is 0 Å². The first-order valence-electron chi connectivity index (χ1n) is 5.97. The molecule has 0 bridgehead atoms. The van der Waals surface area contributed by atoms with Gasteiger partial charge in [0.15, 0.2) is 0 Å². The monoisotopic (exact) mass is 217 g/mol. The molecular weight excluding hydrogens is 200 g/mol. The van der Waals surface area contributed by atoms with E-state index in [1.54, 1.807) is 0 Å². The number of nitrogens with zero attached hydrogens (tertiary/aromatic N) is 2. The molecule has 1 aromatic carbocycles. The van der Waals surface area contributed by atoms with Gasteiger partial charge in [-0.1, -0.05) is 18.2 Å². The number of rotatable bonds is 2. The highest BCUT2D eigenvalue weighted by Crippen LogP contribution is 2.18. The van der Waals surface area contributed by atoms with Crippen LogP contribution in [0.5, 0.6) is 0 Å². The number of ether oxygens (including phenoxy) is 1. The predicted octanol–water partition coefficient (Wildman–Crippen LogP) is 1.01. The molecule has 0 amide bonds. The number of hydrogen-bond acceptors (Lipinski definition) is 3. The van der Waals surface area contributed by atoms with E-state index in [0.717, 1.165) is 39.4 Å². The van der Waals surface area contributed by atoms with Gasteiger partial charge in [-0.15, -0.1) is 0 Å². The number of anilines is 1. The Morgan fingerprint density at radius 1 is 1.12 bits per heavy atom. The molecule has 3 rings (SSSR count). The van der Waals surface area contributed by atoms with Crippen LogP contribution in [0.2, 0.25) is 0 Å². The van der Waals surface area contributed by atoms with Crippen molar-refractivity contribution in [2.45, 2.75) is 6.04 Å². The van der Waals surface area contributed by atoms with Crippen molar-refractivity contribution in [1.29, 1.82) is 0 Å². The lowest BCUT2D eigenvalue weighted by Gasteiger charge is -2.43. The second kappa shape index (κ2) is 4.44. The zero-order valence-corrected chi connectivity index (χ0v) is 9.43. The van der Waals surface area contributed by atoms with Gasteiger partial charge in [-0.05, 0) is 6.07 Å². The Balaban J connectivity index is 1.58. The van der Waals surface area contributed by atoms with Gasteiger partial charge in [0.1, 0.15) is 0 Å². The zero-order valence-electron chi connectivity index (χ0n) is 9.43. The molecule has 0 aromatic heterocycles. The fraction of sp³-hybridized carbons (Fsp3) is 0.538. The summed E-state index contributed by atoms with van der Waals surface area (Å²) in [5.74, 6) is 0. The molecule has 1 radical (unpaired) electrons. The van der Waals surface area contributed by atoms with Gasteiger partial charge in [-0.3, -0.25) is 4.90 Å². The Hall–Kier alpha value is -1.06. The molecule has 0 spiro atoms. The average Bonchev–Trinajstić information content (AvgIpc) is 2.29. The standard InChI is InChI=1S/C13H17N2O/c1-2-4-12(5-3-1)14-6-8-15(9-7-14)13-10-16-11-13/h1-4,13H,6-11H2. The number of para-hydroxylation sites is 1. The molecule has 2 saturated heterocycles. The minimum Gasteiger partial charge on any atom is -0.378 e. The Bertz CT molecular complexity index is 329. The molecule has 2 fully saturated rings. The van der Waals surface area contributed by atoms with Crippen molar-refractivity contribution in [3.05, 3.63) is 30.3 Å². The molecule has 2 aliphatic heterocycles. The fourth-order valence-corrected chi connectivity index (χ4v) is 2.34. The third-order valence-corrected chi connectivity index (χ3v) is 3.48. The molecular formula is C13H17N2O. The zero-order chi connectivity index (χ0) is 10.8. The quantitative estimate of drug-likeness (QED) is 0.735. The molecule has 3 nitrogen and oxygen atoms in total. The summed E-state index contributed by atoms with van der Waals surface area (Å²) in [7, 11) is 0. The molecule has 0 atom stereocenters. The van der Waals surface area contributed by atoms with Crippen LogP contribution in [-0.4, -0.2) is 50.3 Å². The molecule has 16 heavy (non-hydrogen) atoms. The van der Waals surface area contributed by atoms with E-state index in [4.69, 9.17) is 4.74 Å². The van der Waals surface area contributed by atoms with Gasteiger partial charge in [0, 0.05) is 37.9 Å². The summed E-state index contributed by atoms with van der Waals surface area (Å²) < 4.78 is 5.24. The lowest BCUT2D eigenvalue weighted by molar-refractivity contribution is -0.0660. The van der Waals surface area contributed by atoms with Crippen LogP contribution < -0.4 is 4.90 Å². The Morgan fingerprint density at radius 3 is 2.50 bits per heavy atom. The van der Waals surface area contributed by atoms with Crippen LogP contribution in [0.4, 0.5) is 5.69 Å². The smallest absolute Gasteiger partial charge is 0.0645 e. The van der Waals surface area contributed by atoms with Crippen LogP contribution in [0.1, 0.15) is 0 Å². The number of piperazine rings is 1. The second-order valence-corrected chi connectivity index (χ2v) is 4.46. The van der Waals surface area contributed by atoms with E-state index in [-0.39, 0.29) is 0 Å². The minimum absolute atomic E-state index is 0.682. The van der Waals surface area contributed by atoms with Crippen molar-refractivity contribution in [1.82, 2.24) is 4.90 Å². The molecule has 0 aliphatic carbocycles. The second-order valence-electron chi connectivity index (χ2n) is 4.46. The van der Waals surface area contributed by atoms with Gasteiger partial charge in [0.2, 0.25) is 0 Å². The van der Waals surface area contributed by atoms with Crippen molar-refractivity contribution in [3.63, 3.8) is 0 Å². The van der Waals surface area contributed by atoms with E-state index >= 15 is 0 Å². The van der Waals surface area contributed by atoms with Crippen LogP contribution in [0.3, 0.4) is 0 Å². The summed E-state index contributed by atoms with van der Waals surface area (Å²) >= 11 is 0. The molecule has 2 heterocycles. The van der Waals surface area contributed by atoms with Crippen molar-refractivity contribution < 1.29 is 4.74 Å². The number of benzene rings is 1. The summed E-state index contributed by atoms with van der Waals surface area (Å²) in [6.07, 6.45) is 0. The van der Waals surface area contributed by atoms with Gasteiger partial charge in [0.05, 0.1) is 19.3 Å². The molecule has 0 unspecified atom stereocenters. The van der Waals surface area contributed by atoms with Gasteiger partial charge >= 0.3 is 0 Å². The molecule has 1 aromatic rings. The SMILES string of the molecule is [c]1ccccc1N1CCN(C2COC2)CC1. The lowest BCUT2D eigenvalue weighted by atomic mass is 10.1. The maximum Gasteiger partial charge on any atom is 0.0645 e. The summed E-state index contributed by atoms with van der Waals surface area (Å²) in [4.78, 5) is 4.96. The summed E-state index contributed by atoms with van der Waals surface area (Å²) in [6.45, 7) is 6.37. The summed E-state index contributed by atoms with van der Waals surface area (Å²) in [5, 5.41) is 0. The van der Waals surface area contributed by atoms with Crippen molar-refractivity contribution >= 4 is 5.69 Å². The predicted molar refractivity (Wildman–Crippen MR) is 63.7 cm³/mol. The van der Waals surface area contributed by atoms with Gasteiger partial charge in [-0.25, -0.2) is 0 Å². The number of hydrogen-bond donors (Lipinski definition) is 0. The highest BCUT2D eigenvalue weighted by Gasteiger charge is 2.28. The van der Waals surface area contributed by atoms with E-state index in [1.165, 1.54) is 5.69 Å². The van der Waals surface area contributed by atoms with Crippen LogP contribution in [0.15, 0.2) is 24.3 Å². The maximum atomic E-state index is 5.24. The first-order valence-corrected chi connectivity index (χ1v) is 5.97. The first kappa shape index (κ1) is 10.1. The van der Waals surface area contributed by atoms with E-state index in [1.807, 2.05) is 12.1 Å². The normalized spacial score (nSPS) is 23.1. The largest absolute Gasteiger partial charge is 0.378 e. The lowest BCUT2D eigenvalue weighted by Crippen LogP contribution is -2.56. The van der Waals surface area contributed by atoms with Gasteiger partial charge < -0.3 is 9.64 Å². The first-order chi connectivity index (χ1) is 7.93. The molecule has 0 saturated carbocycles. The minimum atomic E-state index is 0.682.